The summed E-state index contributed by atoms with van der Waals surface area (Å²) in [6.45, 7) is 6.69. The van der Waals surface area contributed by atoms with Gasteiger partial charge in [-0.2, -0.15) is 0 Å². The van der Waals surface area contributed by atoms with Crippen LogP contribution in [0.25, 0.3) is 0 Å². The first-order chi connectivity index (χ1) is 23.9. The Kier molecular flexibility index (Phi) is 37.3. The molecule has 0 amide bonds. The highest BCUT2D eigenvalue weighted by molar-refractivity contribution is 5.69. The lowest BCUT2D eigenvalue weighted by Crippen LogP contribution is -2.29. The van der Waals surface area contributed by atoms with Gasteiger partial charge in [0.2, 0.25) is 0 Å². The van der Waals surface area contributed by atoms with Gasteiger partial charge in [0, 0.05) is 25.7 Å². The minimum Gasteiger partial charge on any atom is -0.466 e. The Balaban J connectivity index is 3.46. The van der Waals surface area contributed by atoms with Crippen LogP contribution in [0.1, 0.15) is 252 Å². The van der Waals surface area contributed by atoms with Gasteiger partial charge in [0.25, 0.3) is 0 Å². The topological polar surface area (TPSA) is 72.8 Å². The van der Waals surface area contributed by atoms with Crippen molar-refractivity contribution in [3.05, 3.63) is 0 Å². The normalized spacial score (nSPS) is 11.7. The Bertz CT molecular complexity index is 635. The summed E-state index contributed by atoms with van der Waals surface area (Å²) >= 11 is 0. The fourth-order valence-corrected chi connectivity index (χ4v) is 6.67. The molecule has 0 spiro atoms. The van der Waals surface area contributed by atoms with Gasteiger partial charge < -0.3 is 14.6 Å². The number of ether oxygens (including phenoxy) is 2. The van der Waals surface area contributed by atoms with E-state index in [9.17, 15) is 14.7 Å². The van der Waals surface area contributed by atoms with E-state index in [0.717, 1.165) is 25.7 Å². The van der Waals surface area contributed by atoms with E-state index < -0.39 is 5.60 Å². The first kappa shape index (κ1) is 47.9. The number of carbonyl (C=O) groups is 2. The zero-order valence-electron chi connectivity index (χ0n) is 33.5. The van der Waals surface area contributed by atoms with Gasteiger partial charge in [0.05, 0.1) is 18.8 Å². The van der Waals surface area contributed by atoms with Crippen LogP contribution in [0.15, 0.2) is 0 Å². The van der Waals surface area contributed by atoms with Gasteiger partial charge in [-0.25, -0.2) is 0 Å². The monoisotopic (exact) mass is 695 g/mol. The molecular weight excluding hydrogens is 608 g/mol. The Labute approximate surface area is 306 Å². The van der Waals surface area contributed by atoms with Crippen molar-refractivity contribution in [1.82, 2.24) is 0 Å². The van der Waals surface area contributed by atoms with Gasteiger partial charge in [0.15, 0.2) is 0 Å². The Morgan fingerprint density at radius 1 is 0.388 bits per heavy atom. The van der Waals surface area contributed by atoms with Gasteiger partial charge in [0.1, 0.15) is 0 Å². The number of hydrogen-bond donors (Lipinski definition) is 1. The molecule has 0 aliphatic carbocycles. The van der Waals surface area contributed by atoms with Crippen molar-refractivity contribution in [3.63, 3.8) is 0 Å². The number of esters is 2. The van der Waals surface area contributed by atoms with E-state index in [0.29, 0.717) is 25.7 Å². The van der Waals surface area contributed by atoms with Gasteiger partial charge in [-0.15, -0.1) is 0 Å². The third-order valence-corrected chi connectivity index (χ3v) is 10.3. The summed E-state index contributed by atoms with van der Waals surface area (Å²) in [6, 6.07) is 0. The predicted octanol–water partition coefficient (Wildman–Crippen LogP) is 13.9. The van der Waals surface area contributed by atoms with Crippen LogP contribution >= 0.6 is 0 Å². The van der Waals surface area contributed by atoms with Crippen LogP contribution in [-0.4, -0.2) is 35.9 Å². The second kappa shape index (κ2) is 38.1. The zero-order valence-corrected chi connectivity index (χ0v) is 33.5. The molecule has 292 valence electrons. The van der Waals surface area contributed by atoms with E-state index in [1.807, 2.05) is 0 Å². The summed E-state index contributed by atoms with van der Waals surface area (Å²) < 4.78 is 10.7. The van der Waals surface area contributed by atoms with E-state index in [-0.39, 0.29) is 25.2 Å². The number of unbranched alkanes of at least 4 members (excludes halogenated alkanes) is 30. The molecule has 0 saturated heterocycles. The van der Waals surface area contributed by atoms with Crippen molar-refractivity contribution >= 4 is 11.9 Å². The van der Waals surface area contributed by atoms with E-state index in [1.54, 1.807) is 6.92 Å². The Hall–Kier alpha value is -1.10. The molecule has 0 aromatic heterocycles. The Morgan fingerprint density at radius 2 is 0.592 bits per heavy atom. The smallest absolute Gasteiger partial charge is 0.305 e. The summed E-state index contributed by atoms with van der Waals surface area (Å²) in [5, 5.41) is 10.6. The molecule has 1 N–H and O–H groups in total. The largest absolute Gasteiger partial charge is 0.466 e. The molecule has 0 aliphatic rings. The molecule has 0 unspecified atom stereocenters. The molecule has 5 nitrogen and oxygen atoms in total. The molecule has 0 radical (unpaired) electrons. The Morgan fingerprint density at radius 3 is 0.816 bits per heavy atom. The molecule has 0 atom stereocenters. The highest BCUT2D eigenvalue weighted by Gasteiger charge is 2.21. The average molecular weight is 695 g/mol. The van der Waals surface area contributed by atoms with Gasteiger partial charge >= 0.3 is 11.9 Å². The zero-order chi connectivity index (χ0) is 35.9. The van der Waals surface area contributed by atoms with Crippen LogP contribution in [0.4, 0.5) is 0 Å². The van der Waals surface area contributed by atoms with E-state index in [2.05, 4.69) is 13.8 Å². The molecular formula is C44H86O5. The minimum atomic E-state index is -1.01. The van der Waals surface area contributed by atoms with Crippen LogP contribution < -0.4 is 0 Å². The van der Waals surface area contributed by atoms with E-state index in [1.165, 1.54) is 180 Å². The molecule has 49 heavy (non-hydrogen) atoms. The third-order valence-electron chi connectivity index (χ3n) is 10.3. The summed E-state index contributed by atoms with van der Waals surface area (Å²) in [5.74, 6) is -0.349. The lowest BCUT2D eigenvalue weighted by molar-refractivity contribution is -0.146. The first-order valence-electron chi connectivity index (χ1n) is 21.9. The molecule has 0 aromatic rings. The molecule has 5 heteroatoms. The number of rotatable bonds is 40. The van der Waals surface area contributed by atoms with Crippen LogP contribution in [0.3, 0.4) is 0 Å². The highest BCUT2D eigenvalue weighted by atomic mass is 16.5. The maximum absolute atomic E-state index is 12.1. The van der Waals surface area contributed by atoms with Crippen LogP contribution in [0, 0.1) is 0 Å². The number of carbonyl (C=O) groups excluding carboxylic acids is 2. The predicted molar refractivity (Wildman–Crippen MR) is 210 cm³/mol. The molecule has 0 aliphatic heterocycles. The summed E-state index contributed by atoms with van der Waals surface area (Å²) in [7, 11) is 0. The van der Waals surface area contributed by atoms with Gasteiger partial charge in [-0.05, 0) is 19.8 Å². The quantitative estimate of drug-likeness (QED) is 0.0510. The molecule has 0 rings (SSSR count). The lowest BCUT2D eigenvalue weighted by atomic mass is 9.99. The summed E-state index contributed by atoms with van der Waals surface area (Å²) in [4.78, 5) is 24.2. The van der Waals surface area contributed by atoms with Crippen LogP contribution in [0.5, 0.6) is 0 Å². The molecule has 0 heterocycles. The summed E-state index contributed by atoms with van der Waals surface area (Å²) in [6.07, 6.45) is 43.7. The van der Waals surface area contributed by atoms with E-state index >= 15 is 0 Å². The van der Waals surface area contributed by atoms with Crippen molar-refractivity contribution in [3.8, 4) is 0 Å². The molecule has 0 bridgehead atoms. The second-order valence-electron chi connectivity index (χ2n) is 15.5. The van der Waals surface area contributed by atoms with Gasteiger partial charge in [-0.1, -0.05) is 206 Å². The maximum atomic E-state index is 12.1. The second-order valence-corrected chi connectivity index (χ2v) is 15.5. The maximum Gasteiger partial charge on any atom is 0.305 e. The highest BCUT2D eigenvalue weighted by Crippen LogP contribution is 2.18. The van der Waals surface area contributed by atoms with Crippen LogP contribution in [-0.2, 0) is 19.1 Å². The van der Waals surface area contributed by atoms with Crippen LogP contribution in [0.2, 0.25) is 0 Å². The van der Waals surface area contributed by atoms with Crippen molar-refractivity contribution in [2.24, 2.45) is 0 Å². The first-order valence-corrected chi connectivity index (χ1v) is 21.9. The van der Waals surface area contributed by atoms with Crippen molar-refractivity contribution < 1.29 is 24.2 Å². The van der Waals surface area contributed by atoms with E-state index in [4.69, 9.17) is 9.47 Å². The minimum absolute atomic E-state index is 0.175. The van der Waals surface area contributed by atoms with Crippen molar-refractivity contribution in [1.29, 1.82) is 0 Å². The SMILES string of the molecule is CCCCCCCCCCCCCCCCCCC(=O)OCCC(C)(O)CCOC(=O)CCCCCCCCCCCCCCCCCC. The molecule has 0 saturated carbocycles. The standard InChI is InChI=1S/C44H86O5/c1-4-6-8-10-12-14-16-18-20-22-24-26-28-30-32-34-36-42(45)48-40-38-44(3,47)39-41-49-43(46)37-35-33-31-29-27-25-23-21-19-17-15-13-11-9-7-5-2/h47H,4-41H2,1-3H3. The summed E-state index contributed by atoms with van der Waals surface area (Å²) in [5.41, 5.74) is -1.01. The fraction of sp³-hybridized carbons (Fsp3) is 0.955. The van der Waals surface area contributed by atoms with Crippen molar-refractivity contribution in [2.45, 2.75) is 258 Å². The van der Waals surface area contributed by atoms with Crippen molar-refractivity contribution in [2.75, 3.05) is 13.2 Å². The number of hydrogen-bond acceptors (Lipinski definition) is 5. The molecule has 0 fully saturated rings. The molecule has 0 aromatic carbocycles. The average Bonchev–Trinajstić information content (AvgIpc) is 3.07. The van der Waals surface area contributed by atoms with Gasteiger partial charge in [-0.3, -0.25) is 9.59 Å². The fourth-order valence-electron chi connectivity index (χ4n) is 6.67. The number of aliphatic hydroxyl groups is 1. The lowest BCUT2D eigenvalue weighted by Gasteiger charge is -2.22. The third kappa shape index (κ3) is 39.5.